The third-order valence-corrected chi connectivity index (χ3v) is 4.30. The first-order valence-corrected chi connectivity index (χ1v) is 7.39. The van der Waals surface area contributed by atoms with Gasteiger partial charge in [-0.15, -0.1) is 0 Å². The molecule has 2 rings (SSSR count). The van der Waals surface area contributed by atoms with Crippen LogP contribution < -0.4 is 5.73 Å². The van der Waals surface area contributed by atoms with Crippen molar-refractivity contribution in [2.75, 3.05) is 0 Å². The summed E-state index contributed by atoms with van der Waals surface area (Å²) >= 11 is 7.35. The van der Waals surface area contributed by atoms with E-state index in [9.17, 15) is 0 Å². The summed E-state index contributed by atoms with van der Waals surface area (Å²) < 4.78 is 0. The van der Waals surface area contributed by atoms with E-state index >= 15 is 0 Å². The summed E-state index contributed by atoms with van der Waals surface area (Å²) in [4.78, 5) is 9.64. The van der Waals surface area contributed by atoms with Crippen LogP contribution in [-0.4, -0.2) is 21.0 Å². The van der Waals surface area contributed by atoms with Crippen LogP contribution in [0.4, 0.5) is 0 Å². The molecular weight excluding hydrogens is 308 g/mol. The van der Waals surface area contributed by atoms with Gasteiger partial charge in [0.15, 0.2) is 11.0 Å². The molecule has 0 saturated carbocycles. The third kappa shape index (κ3) is 3.46. The standard InChI is InChI=1S/C14H15ClN4OS/c1-7-8(2)17-14(18-9(7)3)21-12-6-10(15)4-5-11(12)13(16)19-20/h4-6,20H,1-3H3,(H2,16,19). The van der Waals surface area contributed by atoms with E-state index in [1.807, 2.05) is 20.8 Å². The number of oxime groups is 1. The Morgan fingerprint density at radius 3 is 2.43 bits per heavy atom. The molecule has 3 N–H and O–H groups in total. The Morgan fingerprint density at radius 2 is 1.86 bits per heavy atom. The molecule has 0 bridgehead atoms. The number of rotatable bonds is 3. The van der Waals surface area contributed by atoms with Crippen molar-refractivity contribution in [3.8, 4) is 0 Å². The fourth-order valence-corrected chi connectivity index (χ4v) is 3.00. The van der Waals surface area contributed by atoms with Crippen LogP contribution in [0.3, 0.4) is 0 Å². The van der Waals surface area contributed by atoms with Crippen molar-refractivity contribution in [2.45, 2.75) is 30.8 Å². The Bertz CT molecular complexity index is 695. The van der Waals surface area contributed by atoms with Crippen LogP contribution in [0.1, 0.15) is 22.5 Å². The summed E-state index contributed by atoms with van der Waals surface area (Å²) in [7, 11) is 0. The van der Waals surface area contributed by atoms with E-state index in [2.05, 4.69) is 15.1 Å². The predicted molar refractivity (Wildman–Crippen MR) is 84.3 cm³/mol. The van der Waals surface area contributed by atoms with E-state index in [1.165, 1.54) is 11.8 Å². The maximum atomic E-state index is 8.86. The first-order valence-electron chi connectivity index (χ1n) is 6.19. The third-order valence-electron chi connectivity index (χ3n) is 3.14. The molecule has 2 aromatic rings. The second-order valence-electron chi connectivity index (χ2n) is 4.53. The number of nitrogens with two attached hydrogens (primary N) is 1. The van der Waals surface area contributed by atoms with E-state index in [0.29, 0.717) is 15.7 Å². The first kappa shape index (κ1) is 15.6. The first-order chi connectivity index (χ1) is 9.92. The Labute approximate surface area is 132 Å². The van der Waals surface area contributed by atoms with E-state index in [4.69, 9.17) is 22.5 Å². The summed E-state index contributed by atoms with van der Waals surface area (Å²) in [6, 6.07) is 5.13. The molecule has 110 valence electrons. The van der Waals surface area contributed by atoms with Crippen LogP contribution in [0.15, 0.2) is 33.4 Å². The number of amidine groups is 1. The highest BCUT2D eigenvalue weighted by Gasteiger charge is 2.12. The minimum Gasteiger partial charge on any atom is -0.409 e. The zero-order valence-electron chi connectivity index (χ0n) is 11.9. The van der Waals surface area contributed by atoms with E-state index in [-0.39, 0.29) is 5.84 Å². The summed E-state index contributed by atoms with van der Waals surface area (Å²) in [6.45, 7) is 5.87. The molecule has 1 heterocycles. The Balaban J connectivity index is 2.46. The average molecular weight is 323 g/mol. The van der Waals surface area contributed by atoms with Crippen molar-refractivity contribution in [1.29, 1.82) is 0 Å². The largest absolute Gasteiger partial charge is 0.409 e. The number of benzene rings is 1. The van der Waals surface area contributed by atoms with Crippen molar-refractivity contribution in [2.24, 2.45) is 10.9 Å². The van der Waals surface area contributed by atoms with Crippen LogP contribution in [0, 0.1) is 20.8 Å². The van der Waals surface area contributed by atoms with Gasteiger partial charge in [-0.05, 0) is 56.3 Å². The quantitative estimate of drug-likeness (QED) is 0.298. The van der Waals surface area contributed by atoms with Crippen LogP contribution in [0.25, 0.3) is 0 Å². The van der Waals surface area contributed by atoms with Gasteiger partial charge in [0.2, 0.25) is 0 Å². The number of aromatic nitrogens is 2. The highest BCUT2D eigenvalue weighted by Crippen LogP contribution is 2.31. The zero-order valence-corrected chi connectivity index (χ0v) is 13.5. The zero-order chi connectivity index (χ0) is 15.6. The number of nitrogens with zero attached hydrogens (tertiary/aromatic N) is 3. The molecule has 1 aromatic heterocycles. The predicted octanol–water partition coefficient (Wildman–Crippen LogP) is 3.30. The molecule has 0 fully saturated rings. The summed E-state index contributed by atoms with van der Waals surface area (Å²) in [5.41, 5.74) is 9.20. The van der Waals surface area contributed by atoms with Gasteiger partial charge in [0.1, 0.15) is 0 Å². The molecule has 7 heteroatoms. The van der Waals surface area contributed by atoms with Gasteiger partial charge in [-0.25, -0.2) is 9.97 Å². The van der Waals surface area contributed by atoms with Gasteiger partial charge in [0.25, 0.3) is 0 Å². The fourth-order valence-electron chi connectivity index (χ4n) is 1.73. The number of halogens is 1. The van der Waals surface area contributed by atoms with E-state index in [0.717, 1.165) is 21.8 Å². The Morgan fingerprint density at radius 1 is 1.24 bits per heavy atom. The van der Waals surface area contributed by atoms with Crippen molar-refractivity contribution in [1.82, 2.24) is 9.97 Å². The fraction of sp³-hybridized carbons (Fsp3) is 0.214. The normalized spacial score (nSPS) is 11.7. The van der Waals surface area contributed by atoms with Crippen molar-refractivity contribution in [3.63, 3.8) is 0 Å². The summed E-state index contributed by atoms with van der Waals surface area (Å²) in [5.74, 6) is 0.0229. The number of aryl methyl sites for hydroxylation is 2. The molecule has 0 spiro atoms. The molecule has 0 aliphatic heterocycles. The van der Waals surface area contributed by atoms with Gasteiger partial charge >= 0.3 is 0 Å². The topological polar surface area (TPSA) is 84.4 Å². The van der Waals surface area contributed by atoms with Gasteiger partial charge in [0, 0.05) is 26.9 Å². The lowest BCUT2D eigenvalue weighted by molar-refractivity contribution is 0.318. The van der Waals surface area contributed by atoms with Crippen LogP contribution in [0.2, 0.25) is 5.02 Å². The molecule has 21 heavy (non-hydrogen) atoms. The van der Waals surface area contributed by atoms with Gasteiger partial charge in [-0.2, -0.15) is 0 Å². The average Bonchev–Trinajstić information content (AvgIpc) is 2.44. The number of hydrogen-bond acceptors (Lipinski definition) is 5. The van der Waals surface area contributed by atoms with Gasteiger partial charge < -0.3 is 10.9 Å². The molecule has 5 nitrogen and oxygen atoms in total. The van der Waals surface area contributed by atoms with E-state index in [1.54, 1.807) is 18.2 Å². The molecule has 0 aliphatic rings. The molecule has 0 atom stereocenters. The highest BCUT2D eigenvalue weighted by atomic mass is 35.5. The van der Waals surface area contributed by atoms with Crippen molar-refractivity contribution < 1.29 is 5.21 Å². The monoisotopic (exact) mass is 322 g/mol. The molecule has 1 aromatic carbocycles. The van der Waals surface area contributed by atoms with Crippen molar-refractivity contribution >= 4 is 29.2 Å². The highest BCUT2D eigenvalue weighted by molar-refractivity contribution is 7.99. The Hall–Kier alpha value is -1.79. The maximum absolute atomic E-state index is 8.86. The molecule has 0 amide bonds. The second-order valence-corrected chi connectivity index (χ2v) is 5.98. The van der Waals surface area contributed by atoms with Crippen molar-refractivity contribution in [3.05, 3.63) is 45.7 Å². The van der Waals surface area contributed by atoms with Gasteiger partial charge in [-0.1, -0.05) is 16.8 Å². The molecule has 0 unspecified atom stereocenters. The Kier molecular flexibility index (Phi) is 4.69. The molecular formula is C14H15ClN4OS. The van der Waals surface area contributed by atoms with Crippen LogP contribution in [0.5, 0.6) is 0 Å². The van der Waals surface area contributed by atoms with Gasteiger partial charge in [-0.3, -0.25) is 0 Å². The lowest BCUT2D eigenvalue weighted by atomic mass is 10.2. The molecule has 0 saturated heterocycles. The molecule has 0 aliphatic carbocycles. The van der Waals surface area contributed by atoms with E-state index < -0.39 is 0 Å². The lowest BCUT2D eigenvalue weighted by Crippen LogP contribution is -2.14. The van der Waals surface area contributed by atoms with Crippen LogP contribution >= 0.6 is 23.4 Å². The smallest absolute Gasteiger partial charge is 0.192 e. The maximum Gasteiger partial charge on any atom is 0.192 e. The minimum atomic E-state index is 0.0229. The van der Waals surface area contributed by atoms with Crippen LogP contribution in [-0.2, 0) is 0 Å². The molecule has 0 radical (unpaired) electrons. The van der Waals surface area contributed by atoms with Gasteiger partial charge in [0.05, 0.1) is 0 Å². The lowest BCUT2D eigenvalue weighted by Gasteiger charge is -2.10. The summed E-state index contributed by atoms with van der Waals surface area (Å²) in [6.07, 6.45) is 0. The second kappa shape index (κ2) is 6.32. The summed E-state index contributed by atoms with van der Waals surface area (Å²) in [5, 5.41) is 13.1. The number of hydrogen-bond donors (Lipinski definition) is 2. The minimum absolute atomic E-state index is 0.0229. The SMILES string of the molecule is Cc1nc(Sc2cc(Cl)ccc2C(N)=NO)nc(C)c1C.